The van der Waals surface area contributed by atoms with E-state index >= 15 is 0 Å². The van der Waals surface area contributed by atoms with E-state index in [0.717, 1.165) is 12.8 Å². The maximum atomic E-state index is 10.9. The number of rotatable bonds is 5. The zero-order chi connectivity index (χ0) is 9.23. The molecule has 3 heteroatoms. The summed E-state index contributed by atoms with van der Waals surface area (Å²) >= 11 is 5.43. The molecule has 0 saturated carbocycles. The molecule has 0 fully saturated rings. The van der Waals surface area contributed by atoms with Crippen molar-refractivity contribution in [3.63, 3.8) is 0 Å². The Balaban J connectivity index is 3.23. The molecule has 0 aliphatic rings. The van der Waals surface area contributed by atoms with Crippen LogP contribution < -0.4 is 5.32 Å². The number of carbonyl (C=O) groups excluding carboxylic acids is 1. The molecular formula is C9H14ClNO. The third-order valence-electron chi connectivity index (χ3n) is 1.29. The minimum atomic E-state index is 0.0635. The van der Waals surface area contributed by atoms with E-state index in [-0.39, 0.29) is 5.91 Å². The molecule has 12 heavy (non-hydrogen) atoms. The molecule has 0 aromatic heterocycles. The normalized spacial score (nSPS) is 8.50. The molecule has 0 bridgehead atoms. The van der Waals surface area contributed by atoms with E-state index in [1.54, 1.807) is 6.92 Å². The van der Waals surface area contributed by atoms with Crippen molar-refractivity contribution in [1.82, 2.24) is 5.32 Å². The van der Waals surface area contributed by atoms with Crippen molar-refractivity contribution < 1.29 is 4.79 Å². The highest BCUT2D eigenvalue weighted by atomic mass is 35.5. The Bertz CT molecular complexity index is 181. The van der Waals surface area contributed by atoms with Crippen LogP contribution in [-0.2, 0) is 4.79 Å². The maximum Gasteiger partial charge on any atom is 0.220 e. The topological polar surface area (TPSA) is 29.1 Å². The van der Waals surface area contributed by atoms with Crippen LogP contribution in [0.2, 0.25) is 0 Å². The molecule has 0 spiro atoms. The molecule has 0 unspecified atom stereocenters. The highest BCUT2D eigenvalue weighted by Crippen LogP contribution is 1.90. The van der Waals surface area contributed by atoms with Gasteiger partial charge in [-0.15, -0.1) is 23.4 Å². The van der Waals surface area contributed by atoms with Gasteiger partial charge in [0.25, 0.3) is 0 Å². The first-order valence-electron chi connectivity index (χ1n) is 4.03. The number of halogens is 1. The predicted molar refractivity (Wildman–Crippen MR) is 51.0 cm³/mol. The van der Waals surface area contributed by atoms with Gasteiger partial charge in [0.2, 0.25) is 5.91 Å². The summed E-state index contributed by atoms with van der Waals surface area (Å²) in [5.74, 6) is 6.24. The maximum absolute atomic E-state index is 10.9. The number of hydrogen-bond donors (Lipinski definition) is 1. The first kappa shape index (κ1) is 11.3. The first-order chi connectivity index (χ1) is 5.81. The number of alkyl halides is 1. The molecule has 0 rings (SSSR count). The fourth-order valence-corrected chi connectivity index (χ4v) is 0.839. The molecule has 0 radical (unpaired) electrons. The summed E-state index contributed by atoms with van der Waals surface area (Å²) in [6.07, 6.45) is 1.99. The summed E-state index contributed by atoms with van der Waals surface area (Å²) in [4.78, 5) is 10.9. The minimum absolute atomic E-state index is 0.0635. The summed E-state index contributed by atoms with van der Waals surface area (Å²) in [6, 6.07) is 0. The second kappa shape index (κ2) is 8.42. The van der Waals surface area contributed by atoms with Crippen LogP contribution in [-0.4, -0.2) is 18.3 Å². The molecule has 1 N–H and O–H groups in total. The van der Waals surface area contributed by atoms with Crippen LogP contribution >= 0.6 is 11.6 Å². The third-order valence-corrected chi connectivity index (χ3v) is 1.55. The summed E-state index contributed by atoms with van der Waals surface area (Å²) < 4.78 is 0. The van der Waals surface area contributed by atoms with Crippen LogP contribution in [0.5, 0.6) is 0 Å². The largest absolute Gasteiger partial charge is 0.355 e. The number of amides is 1. The quantitative estimate of drug-likeness (QED) is 0.395. The van der Waals surface area contributed by atoms with E-state index in [1.807, 2.05) is 0 Å². The van der Waals surface area contributed by atoms with Crippen molar-refractivity contribution >= 4 is 17.5 Å². The van der Waals surface area contributed by atoms with E-state index in [4.69, 9.17) is 11.6 Å². The lowest BCUT2D eigenvalue weighted by atomic mass is 10.3. The van der Waals surface area contributed by atoms with Crippen molar-refractivity contribution in [2.45, 2.75) is 26.2 Å². The monoisotopic (exact) mass is 187 g/mol. The standard InChI is InChI=1S/C9H14ClNO/c1-2-3-4-8-11-9(12)6-5-7-10/h4-8H2,1H3,(H,11,12). The summed E-state index contributed by atoms with van der Waals surface area (Å²) in [5.41, 5.74) is 0. The first-order valence-corrected chi connectivity index (χ1v) is 4.57. The van der Waals surface area contributed by atoms with Gasteiger partial charge in [0.1, 0.15) is 0 Å². The fourth-order valence-electron chi connectivity index (χ4n) is 0.705. The molecule has 68 valence electrons. The van der Waals surface area contributed by atoms with Gasteiger partial charge in [0.05, 0.1) is 0 Å². The van der Waals surface area contributed by atoms with Gasteiger partial charge >= 0.3 is 0 Å². The summed E-state index contributed by atoms with van der Waals surface area (Å²) in [6.45, 7) is 2.43. The molecule has 0 aliphatic carbocycles. The van der Waals surface area contributed by atoms with Gasteiger partial charge in [-0.2, -0.15) is 0 Å². The molecule has 2 nitrogen and oxygen atoms in total. The Kier molecular flexibility index (Phi) is 7.94. The van der Waals surface area contributed by atoms with E-state index in [2.05, 4.69) is 17.2 Å². The number of nitrogens with one attached hydrogen (secondary N) is 1. The molecule has 0 aromatic rings. The number of carbonyl (C=O) groups is 1. The van der Waals surface area contributed by atoms with Gasteiger partial charge in [0, 0.05) is 25.3 Å². The van der Waals surface area contributed by atoms with E-state index in [1.165, 1.54) is 0 Å². The zero-order valence-electron chi connectivity index (χ0n) is 7.32. The summed E-state index contributed by atoms with van der Waals surface area (Å²) in [5, 5.41) is 2.75. The van der Waals surface area contributed by atoms with Gasteiger partial charge in [-0.25, -0.2) is 0 Å². The van der Waals surface area contributed by atoms with E-state index < -0.39 is 0 Å². The Morgan fingerprint density at radius 1 is 1.58 bits per heavy atom. The lowest BCUT2D eigenvalue weighted by Gasteiger charge is -2.00. The Morgan fingerprint density at radius 3 is 2.92 bits per heavy atom. The highest BCUT2D eigenvalue weighted by Gasteiger charge is 1.97. The van der Waals surface area contributed by atoms with Crippen molar-refractivity contribution in [3.8, 4) is 11.8 Å². The molecular weight excluding hydrogens is 174 g/mol. The minimum Gasteiger partial charge on any atom is -0.355 e. The van der Waals surface area contributed by atoms with Crippen LogP contribution in [0.4, 0.5) is 0 Å². The smallest absolute Gasteiger partial charge is 0.220 e. The predicted octanol–water partition coefficient (Wildman–Crippen LogP) is 1.53. The Morgan fingerprint density at radius 2 is 2.33 bits per heavy atom. The van der Waals surface area contributed by atoms with Crippen LogP contribution in [0.3, 0.4) is 0 Å². The van der Waals surface area contributed by atoms with Crippen molar-refractivity contribution in [3.05, 3.63) is 0 Å². The average molecular weight is 188 g/mol. The molecule has 1 amide bonds. The zero-order valence-corrected chi connectivity index (χ0v) is 8.08. The molecule has 0 saturated heterocycles. The molecule has 0 heterocycles. The van der Waals surface area contributed by atoms with Gasteiger partial charge in [-0.1, -0.05) is 0 Å². The van der Waals surface area contributed by atoms with Crippen molar-refractivity contribution in [1.29, 1.82) is 0 Å². The summed E-state index contributed by atoms with van der Waals surface area (Å²) in [7, 11) is 0. The van der Waals surface area contributed by atoms with Crippen molar-refractivity contribution in [2.75, 3.05) is 12.4 Å². The fraction of sp³-hybridized carbons (Fsp3) is 0.667. The van der Waals surface area contributed by atoms with Gasteiger partial charge in [0.15, 0.2) is 0 Å². The van der Waals surface area contributed by atoms with Crippen LogP contribution in [0.15, 0.2) is 0 Å². The van der Waals surface area contributed by atoms with Gasteiger partial charge in [-0.3, -0.25) is 4.79 Å². The highest BCUT2D eigenvalue weighted by molar-refractivity contribution is 6.17. The van der Waals surface area contributed by atoms with Crippen LogP contribution in [0, 0.1) is 11.8 Å². The molecule has 0 aliphatic heterocycles. The lowest BCUT2D eigenvalue weighted by molar-refractivity contribution is -0.121. The SMILES string of the molecule is CC#CCCNC(=O)CCCCl. The molecule has 0 atom stereocenters. The average Bonchev–Trinajstić information content (AvgIpc) is 2.09. The molecule has 0 aromatic carbocycles. The van der Waals surface area contributed by atoms with E-state index in [0.29, 0.717) is 18.8 Å². The van der Waals surface area contributed by atoms with Crippen LogP contribution in [0.25, 0.3) is 0 Å². The lowest BCUT2D eigenvalue weighted by Crippen LogP contribution is -2.23. The van der Waals surface area contributed by atoms with Gasteiger partial charge < -0.3 is 5.32 Å². The third kappa shape index (κ3) is 7.43. The van der Waals surface area contributed by atoms with E-state index in [9.17, 15) is 4.79 Å². The van der Waals surface area contributed by atoms with Crippen LogP contribution in [0.1, 0.15) is 26.2 Å². The number of hydrogen-bond acceptors (Lipinski definition) is 1. The second-order valence-electron chi connectivity index (χ2n) is 2.32. The second-order valence-corrected chi connectivity index (χ2v) is 2.70. The van der Waals surface area contributed by atoms with Crippen molar-refractivity contribution in [2.24, 2.45) is 0 Å². The Hall–Kier alpha value is -0.680. The van der Waals surface area contributed by atoms with Gasteiger partial charge in [-0.05, 0) is 13.3 Å². The Labute approximate surface area is 78.7 Å².